The first-order valence-electron chi connectivity index (χ1n) is 10.4. The number of nitrogens with one attached hydrogen (secondary N) is 1. The van der Waals surface area contributed by atoms with Crippen LogP contribution in [0.4, 0.5) is 17.1 Å². The fraction of sp³-hybridized carbons (Fsp3) is 0.0800. The van der Waals surface area contributed by atoms with E-state index in [2.05, 4.69) is 15.5 Å². The standard InChI is InChI=1S/C25H21N3O6S/c1-14-7-9-20(15(2)11-14)26-25(31)19-12-16-5-3-4-6-18(16)23(24(19)30)28-27-21-13-17(35(32,33)34)8-10-22(21)29/h3-13,29-30H,1-2H3,(H,26,31)(H,32,33,34)/p-1. The lowest BCUT2D eigenvalue weighted by molar-refractivity contribution is 0.102. The number of carbonyl (C=O) groups excluding carboxylic acids is 1. The molecule has 0 bridgehead atoms. The van der Waals surface area contributed by atoms with E-state index in [1.807, 2.05) is 26.0 Å². The summed E-state index contributed by atoms with van der Waals surface area (Å²) in [5, 5.41) is 32.7. The van der Waals surface area contributed by atoms with Gasteiger partial charge in [-0.25, -0.2) is 8.42 Å². The zero-order valence-electron chi connectivity index (χ0n) is 18.7. The molecule has 35 heavy (non-hydrogen) atoms. The average Bonchev–Trinajstić information content (AvgIpc) is 2.80. The number of hydrogen-bond donors (Lipinski definition) is 3. The first kappa shape index (κ1) is 23.9. The van der Waals surface area contributed by atoms with Gasteiger partial charge < -0.3 is 20.1 Å². The van der Waals surface area contributed by atoms with Gasteiger partial charge in [-0.1, -0.05) is 42.0 Å². The second-order valence-electron chi connectivity index (χ2n) is 7.92. The van der Waals surface area contributed by atoms with Gasteiger partial charge in [0, 0.05) is 11.1 Å². The van der Waals surface area contributed by atoms with Crippen molar-refractivity contribution in [3.05, 3.63) is 83.4 Å². The highest BCUT2D eigenvalue weighted by Crippen LogP contribution is 2.40. The summed E-state index contributed by atoms with van der Waals surface area (Å²) in [5.74, 6) is -1.45. The average molecular weight is 491 g/mol. The Morgan fingerprint density at radius 1 is 0.943 bits per heavy atom. The number of aryl methyl sites for hydroxylation is 2. The van der Waals surface area contributed by atoms with Gasteiger partial charge in [0.2, 0.25) is 0 Å². The largest absolute Gasteiger partial charge is 0.744 e. The van der Waals surface area contributed by atoms with E-state index >= 15 is 0 Å². The minimum atomic E-state index is -4.79. The molecule has 0 saturated carbocycles. The van der Waals surface area contributed by atoms with Crippen LogP contribution in [0.5, 0.6) is 11.5 Å². The number of fused-ring (bicyclic) bond motifs is 1. The van der Waals surface area contributed by atoms with Crippen LogP contribution in [-0.4, -0.2) is 29.1 Å². The summed E-state index contributed by atoms with van der Waals surface area (Å²) in [4.78, 5) is 12.5. The summed E-state index contributed by atoms with van der Waals surface area (Å²) >= 11 is 0. The molecule has 0 heterocycles. The van der Waals surface area contributed by atoms with Crippen molar-refractivity contribution in [2.45, 2.75) is 18.7 Å². The molecule has 0 aliphatic rings. The highest BCUT2D eigenvalue weighted by Gasteiger charge is 2.19. The molecule has 1 amide bonds. The van der Waals surface area contributed by atoms with Crippen LogP contribution >= 0.6 is 0 Å². The fourth-order valence-corrected chi connectivity index (χ4v) is 4.07. The molecule has 178 valence electrons. The highest BCUT2D eigenvalue weighted by molar-refractivity contribution is 7.85. The molecule has 0 aromatic heterocycles. The van der Waals surface area contributed by atoms with E-state index < -0.39 is 32.4 Å². The zero-order chi connectivity index (χ0) is 25.3. The Morgan fingerprint density at radius 3 is 2.40 bits per heavy atom. The molecule has 3 N–H and O–H groups in total. The van der Waals surface area contributed by atoms with Crippen molar-refractivity contribution in [3.63, 3.8) is 0 Å². The van der Waals surface area contributed by atoms with Gasteiger partial charge in [-0.15, -0.1) is 10.2 Å². The minimum Gasteiger partial charge on any atom is -0.744 e. The van der Waals surface area contributed by atoms with Crippen LogP contribution in [0, 0.1) is 13.8 Å². The van der Waals surface area contributed by atoms with Gasteiger partial charge >= 0.3 is 0 Å². The number of carbonyl (C=O) groups is 1. The summed E-state index contributed by atoms with van der Waals surface area (Å²) in [6.45, 7) is 3.79. The molecule has 0 aliphatic carbocycles. The lowest BCUT2D eigenvalue weighted by Gasteiger charge is -2.13. The van der Waals surface area contributed by atoms with Gasteiger partial charge in [0.25, 0.3) is 5.91 Å². The number of phenolic OH excluding ortho intramolecular Hbond substituents is 2. The SMILES string of the molecule is Cc1ccc(NC(=O)c2cc3ccccc3c(N=Nc3cc(S(=O)(=O)[O-])ccc3O)c2O)c(C)c1. The Morgan fingerprint density at radius 2 is 1.69 bits per heavy atom. The van der Waals surface area contributed by atoms with Gasteiger partial charge in [0.05, 0.1) is 10.5 Å². The molecule has 4 rings (SSSR count). The van der Waals surface area contributed by atoms with Crippen LogP contribution in [0.3, 0.4) is 0 Å². The predicted octanol–water partition coefficient (Wildman–Crippen LogP) is 5.44. The van der Waals surface area contributed by atoms with E-state index in [4.69, 9.17) is 0 Å². The normalized spacial score (nSPS) is 11.7. The van der Waals surface area contributed by atoms with Crippen LogP contribution in [0.15, 0.2) is 81.9 Å². The summed E-state index contributed by atoms with van der Waals surface area (Å²) < 4.78 is 34.0. The second-order valence-corrected chi connectivity index (χ2v) is 9.30. The van der Waals surface area contributed by atoms with E-state index in [0.29, 0.717) is 16.5 Å². The van der Waals surface area contributed by atoms with Crippen molar-refractivity contribution in [3.8, 4) is 11.5 Å². The zero-order valence-corrected chi connectivity index (χ0v) is 19.5. The number of benzene rings is 4. The molecule has 0 radical (unpaired) electrons. The molecule has 4 aromatic rings. The molecular formula is C25H20N3O6S-. The first-order valence-corrected chi connectivity index (χ1v) is 11.8. The maximum atomic E-state index is 13.1. The summed E-state index contributed by atoms with van der Waals surface area (Å²) in [5.41, 5.74) is 2.05. The Balaban J connectivity index is 1.80. The summed E-state index contributed by atoms with van der Waals surface area (Å²) in [6.07, 6.45) is 0. The Hall–Kier alpha value is -4.28. The Kier molecular flexibility index (Phi) is 6.25. The van der Waals surface area contributed by atoms with Crippen molar-refractivity contribution >= 4 is 43.9 Å². The molecule has 10 heteroatoms. The van der Waals surface area contributed by atoms with E-state index in [1.165, 1.54) is 6.07 Å². The topological polar surface area (TPSA) is 151 Å². The quantitative estimate of drug-likeness (QED) is 0.250. The van der Waals surface area contributed by atoms with E-state index in [-0.39, 0.29) is 16.9 Å². The van der Waals surface area contributed by atoms with Crippen molar-refractivity contribution in [1.29, 1.82) is 0 Å². The summed E-state index contributed by atoms with van der Waals surface area (Å²) in [7, 11) is -4.79. The molecule has 0 fully saturated rings. The third-order valence-corrected chi connectivity index (χ3v) is 6.19. The van der Waals surface area contributed by atoms with Gasteiger partial charge in [-0.3, -0.25) is 4.79 Å². The van der Waals surface area contributed by atoms with E-state index in [1.54, 1.807) is 30.3 Å². The first-order chi connectivity index (χ1) is 16.5. The number of phenols is 2. The van der Waals surface area contributed by atoms with Crippen molar-refractivity contribution in [2.75, 3.05) is 5.32 Å². The van der Waals surface area contributed by atoms with Crippen molar-refractivity contribution < 1.29 is 28.0 Å². The monoisotopic (exact) mass is 490 g/mol. The number of anilines is 1. The predicted molar refractivity (Wildman–Crippen MR) is 130 cm³/mol. The third kappa shape index (κ3) is 4.98. The molecule has 0 aliphatic heterocycles. The molecule has 0 saturated heterocycles. The highest BCUT2D eigenvalue weighted by atomic mass is 32.2. The van der Waals surface area contributed by atoms with Crippen LogP contribution in [-0.2, 0) is 10.1 Å². The molecule has 0 spiro atoms. The number of aromatic hydroxyl groups is 2. The minimum absolute atomic E-state index is 0.0577. The third-order valence-electron chi connectivity index (χ3n) is 5.36. The van der Waals surface area contributed by atoms with Gasteiger partial charge in [0.15, 0.2) is 5.75 Å². The molecular weight excluding hydrogens is 470 g/mol. The van der Waals surface area contributed by atoms with Crippen molar-refractivity contribution in [1.82, 2.24) is 0 Å². The molecule has 0 unspecified atom stereocenters. The summed E-state index contributed by atoms with van der Waals surface area (Å²) in [6, 6.07) is 16.7. The Bertz CT molecular complexity index is 1610. The molecule has 4 aromatic carbocycles. The lowest BCUT2D eigenvalue weighted by atomic mass is 10.0. The van der Waals surface area contributed by atoms with Gasteiger partial charge in [-0.05, 0) is 55.1 Å². The van der Waals surface area contributed by atoms with E-state index in [0.717, 1.165) is 29.3 Å². The van der Waals surface area contributed by atoms with Crippen LogP contribution in [0.2, 0.25) is 0 Å². The van der Waals surface area contributed by atoms with Crippen LogP contribution < -0.4 is 5.32 Å². The number of hydrogen-bond acceptors (Lipinski definition) is 8. The van der Waals surface area contributed by atoms with Gasteiger partial charge in [0.1, 0.15) is 27.2 Å². The molecule has 0 atom stereocenters. The second kappa shape index (κ2) is 9.16. The Labute approximate surface area is 201 Å². The van der Waals surface area contributed by atoms with Crippen LogP contribution in [0.1, 0.15) is 21.5 Å². The number of rotatable bonds is 5. The maximum absolute atomic E-state index is 13.1. The number of amides is 1. The number of nitrogens with zero attached hydrogens (tertiary/aromatic N) is 2. The maximum Gasteiger partial charge on any atom is 0.259 e. The van der Waals surface area contributed by atoms with E-state index in [9.17, 15) is 28.0 Å². The van der Waals surface area contributed by atoms with Gasteiger partial charge in [-0.2, -0.15) is 0 Å². The lowest BCUT2D eigenvalue weighted by Crippen LogP contribution is -2.13. The molecule has 9 nitrogen and oxygen atoms in total. The van der Waals surface area contributed by atoms with Crippen LogP contribution in [0.25, 0.3) is 10.8 Å². The number of azo groups is 1. The van der Waals surface area contributed by atoms with Crippen molar-refractivity contribution in [2.24, 2.45) is 10.2 Å². The smallest absolute Gasteiger partial charge is 0.259 e. The fourth-order valence-electron chi connectivity index (χ4n) is 3.58.